The van der Waals surface area contributed by atoms with Gasteiger partial charge in [-0.05, 0) is 0 Å². The second-order valence-corrected chi connectivity index (χ2v) is 41.4. The second-order valence-electron chi connectivity index (χ2n) is 6.36. The third-order valence-electron chi connectivity index (χ3n) is 3.80. The summed E-state index contributed by atoms with van der Waals surface area (Å²) in [6, 6.07) is 5.12. The van der Waals surface area contributed by atoms with Crippen molar-refractivity contribution in [2.45, 2.75) is 62.8 Å². The standard InChI is InChI=1S/C16H24As4/c1-9(2)12-7-13(10(3)4)15(14(8-12)11(5)6)16-17-19-20-18-16/h7-11,16H,1-6H3. The Morgan fingerprint density at radius 2 is 1.20 bits per heavy atom. The first kappa shape index (κ1) is 17.8. The molecule has 0 atom stereocenters. The van der Waals surface area contributed by atoms with Gasteiger partial charge in [-0.1, -0.05) is 0 Å². The van der Waals surface area contributed by atoms with Gasteiger partial charge in [0.15, 0.2) is 0 Å². The molecule has 1 heterocycles. The molecule has 0 saturated heterocycles. The third-order valence-corrected chi connectivity index (χ3v) is 65.8. The molecule has 0 aliphatic carbocycles. The van der Waals surface area contributed by atoms with Crippen LogP contribution in [-0.2, 0) is 0 Å². The Morgan fingerprint density at radius 3 is 1.55 bits per heavy atom. The van der Waals surface area contributed by atoms with Gasteiger partial charge in [0, 0.05) is 0 Å². The minimum absolute atomic E-state index is 0.654. The van der Waals surface area contributed by atoms with Crippen molar-refractivity contribution in [3.8, 4) is 0 Å². The van der Waals surface area contributed by atoms with Gasteiger partial charge in [0.2, 0.25) is 0 Å². The summed E-state index contributed by atoms with van der Waals surface area (Å²) >= 11 is 3.14. The molecule has 0 unspecified atom stereocenters. The molecule has 0 radical (unpaired) electrons. The third kappa shape index (κ3) is 4.05. The molecule has 4 heteroatoms. The van der Waals surface area contributed by atoms with Crippen LogP contribution in [0.15, 0.2) is 12.1 Å². The first-order valence-electron chi connectivity index (χ1n) is 7.39. The van der Waals surface area contributed by atoms with E-state index in [-0.39, 0.29) is 0 Å². The fourth-order valence-corrected chi connectivity index (χ4v) is 98.1. The molecule has 0 bridgehead atoms. The van der Waals surface area contributed by atoms with Crippen molar-refractivity contribution < 1.29 is 0 Å². The molecule has 108 valence electrons. The van der Waals surface area contributed by atoms with E-state index in [1.54, 1.807) is 16.7 Å². The van der Waals surface area contributed by atoms with Gasteiger partial charge >= 0.3 is 146 Å². The van der Waals surface area contributed by atoms with Gasteiger partial charge in [-0.2, -0.15) is 0 Å². The summed E-state index contributed by atoms with van der Waals surface area (Å²) in [5.74, 6) is 2.04. The zero-order valence-electron chi connectivity index (χ0n) is 13.3. The fraction of sp³-hybridized carbons (Fsp3) is 0.625. The van der Waals surface area contributed by atoms with Crippen LogP contribution in [0.5, 0.6) is 0 Å². The summed E-state index contributed by atoms with van der Waals surface area (Å²) < 4.78 is 1.10. The van der Waals surface area contributed by atoms with E-state index in [2.05, 4.69) is 53.7 Å². The Bertz CT molecular complexity index is 500. The molecule has 2 rings (SSSR count). The molecule has 20 heavy (non-hydrogen) atoms. The van der Waals surface area contributed by atoms with Crippen molar-refractivity contribution in [3.63, 3.8) is 0 Å². The van der Waals surface area contributed by atoms with E-state index in [1.807, 2.05) is 5.56 Å². The first-order chi connectivity index (χ1) is 9.41. The van der Waals surface area contributed by atoms with E-state index in [1.165, 1.54) is 0 Å². The van der Waals surface area contributed by atoms with Crippen molar-refractivity contribution >= 4 is 48.4 Å². The van der Waals surface area contributed by atoms with Gasteiger partial charge in [0.25, 0.3) is 0 Å². The number of rotatable bonds is 4. The number of hydrogen-bond acceptors (Lipinski definition) is 0. The van der Waals surface area contributed by atoms with Gasteiger partial charge in [-0.25, -0.2) is 0 Å². The zero-order valence-corrected chi connectivity index (χ0v) is 20.8. The Labute approximate surface area is 144 Å². The summed E-state index contributed by atoms with van der Waals surface area (Å²) in [6.07, 6.45) is 0. The molecule has 0 saturated carbocycles. The summed E-state index contributed by atoms with van der Waals surface area (Å²) in [4.78, 5) is 0. The van der Waals surface area contributed by atoms with E-state index in [9.17, 15) is 0 Å². The molecular weight excluding hydrogens is 492 g/mol. The Hall–Kier alpha value is 1.45. The second kappa shape index (κ2) is 7.82. The minimum atomic E-state index is 0.654. The van der Waals surface area contributed by atoms with Crippen LogP contribution in [0.4, 0.5) is 0 Å². The van der Waals surface area contributed by atoms with Crippen molar-refractivity contribution in [2.24, 2.45) is 0 Å². The molecule has 1 aromatic rings. The van der Waals surface area contributed by atoms with Crippen LogP contribution in [0.1, 0.15) is 85.0 Å². The van der Waals surface area contributed by atoms with E-state index >= 15 is 0 Å². The van der Waals surface area contributed by atoms with E-state index in [0.717, 1.165) is 25.6 Å². The van der Waals surface area contributed by atoms with Crippen molar-refractivity contribution in [1.29, 1.82) is 0 Å². The van der Waals surface area contributed by atoms with Crippen LogP contribution in [0.3, 0.4) is 0 Å². The van der Waals surface area contributed by atoms with E-state index in [4.69, 9.17) is 0 Å². The van der Waals surface area contributed by atoms with Crippen LogP contribution in [0, 0.1) is 0 Å². The van der Waals surface area contributed by atoms with Gasteiger partial charge in [0.05, 0.1) is 0 Å². The zero-order chi connectivity index (χ0) is 14.9. The molecule has 1 aromatic carbocycles. The monoisotopic (exact) mass is 516 g/mol. The molecule has 1 aliphatic heterocycles. The van der Waals surface area contributed by atoms with Crippen LogP contribution >= 0.6 is 0 Å². The summed E-state index contributed by atoms with van der Waals surface area (Å²) in [5, 5.41) is 0. The summed E-state index contributed by atoms with van der Waals surface area (Å²) in [5.41, 5.74) is 6.83. The maximum atomic E-state index is 2.56. The topological polar surface area (TPSA) is 0 Å². The Morgan fingerprint density at radius 1 is 0.750 bits per heavy atom. The molecule has 0 nitrogen and oxygen atoms in total. The first-order valence-corrected chi connectivity index (χ1v) is 25.2. The molecule has 1 aliphatic rings. The molecule has 0 fully saturated rings. The van der Waals surface area contributed by atoms with Crippen LogP contribution in [0.2, 0.25) is 0 Å². The quantitative estimate of drug-likeness (QED) is 0.537. The van der Waals surface area contributed by atoms with E-state index in [0.29, 0.717) is 44.0 Å². The van der Waals surface area contributed by atoms with Crippen LogP contribution < -0.4 is 0 Å². The Balaban J connectivity index is 2.67. The SMILES string of the molecule is CC(C)c1cc(C(C)C)c(C2[As]=[As][As]=[As]2)c(C(C)C)c1. The average molecular weight is 516 g/mol. The molecule has 0 spiro atoms. The van der Waals surface area contributed by atoms with Crippen molar-refractivity contribution in [3.05, 3.63) is 34.4 Å². The van der Waals surface area contributed by atoms with Gasteiger partial charge in [0.1, 0.15) is 0 Å². The predicted octanol–water partition coefficient (Wildman–Crippen LogP) is 3.63. The van der Waals surface area contributed by atoms with Crippen molar-refractivity contribution in [1.82, 2.24) is 0 Å². The van der Waals surface area contributed by atoms with Crippen molar-refractivity contribution in [2.75, 3.05) is 0 Å². The molecule has 0 N–H and O–H groups in total. The van der Waals surface area contributed by atoms with Crippen LogP contribution in [0.25, 0.3) is 0 Å². The molecular formula is C16H24As4. The van der Waals surface area contributed by atoms with Crippen LogP contribution in [-0.4, -0.2) is 48.4 Å². The summed E-state index contributed by atoms with van der Waals surface area (Å²) in [7, 11) is 0. The number of benzene rings is 1. The number of hydrogen-bond donors (Lipinski definition) is 0. The summed E-state index contributed by atoms with van der Waals surface area (Å²) in [6.45, 7) is 14.3. The average Bonchev–Trinajstić information content (AvgIpc) is 2.90. The molecule has 0 aromatic heterocycles. The van der Waals surface area contributed by atoms with Gasteiger partial charge < -0.3 is 0 Å². The van der Waals surface area contributed by atoms with E-state index < -0.39 is 0 Å². The fourth-order valence-electron chi connectivity index (χ4n) is 2.59. The van der Waals surface area contributed by atoms with Gasteiger partial charge in [-0.3, -0.25) is 0 Å². The normalized spacial score (nSPS) is 21.1. The Kier molecular flexibility index (Phi) is 6.96. The maximum absolute atomic E-state index is 2.56. The van der Waals surface area contributed by atoms with Gasteiger partial charge in [-0.15, -0.1) is 0 Å². The predicted molar refractivity (Wildman–Crippen MR) is 94.5 cm³/mol. The molecule has 0 amide bonds.